The number of benzene rings is 1. The van der Waals surface area contributed by atoms with E-state index < -0.39 is 5.56 Å². The lowest BCUT2D eigenvalue weighted by Crippen LogP contribution is -2.14. The third-order valence-corrected chi connectivity index (χ3v) is 4.14. The summed E-state index contributed by atoms with van der Waals surface area (Å²) in [5, 5.41) is 9.77. The highest BCUT2D eigenvalue weighted by molar-refractivity contribution is 7.98. The first-order chi connectivity index (χ1) is 11.7. The van der Waals surface area contributed by atoms with Gasteiger partial charge in [-0.15, -0.1) is 0 Å². The molecule has 1 aromatic heterocycles. The standard InChI is InChI=1S/C18H21N3O2S/c1-3-4-5-9-23-12-13-7-6-8-14(10-13)16-15(11-19)17(22)21-18(20-16)24-2/h6-8,10H,3-5,9,12H2,1-2H3,(H,20,21,22). The maximum Gasteiger partial charge on any atom is 0.270 e. The molecule has 0 fully saturated rings. The number of H-pyrrole nitrogens is 1. The van der Waals surface area contributed by atoms with Gasteiger partial charge in [-0.1, -0.05) is 49.7 Å². The SMILES string of the molecule is CCCCCOCc1cccc(-c2nc(SC)[nH]c(=O)c2C#N)c1. The highest BCUT2D eigenvalue weighted by Gasteiger charge is 2.13. The Hall–Kier alpha value is -2.10. The molecule has 0 unspecified atom stereocenters. The molecule has 0 aliphatic rings. The predicted octanol–water partition coefficient (Wildman–Crippen LogP) is 3.74. The van der Waals surface area contributed by atoms with Crippen molar-refractivity contribution in [3.63, 3.8) is 0 Å². The Kier molecular flexibility index (Phi) is 7.04. The highest BCUT2D eigenvalue weighted by atomic mass is 32.2. The first-order valence-corrected chi connectivity index (χ1v) is 9.17. The fourth-order valence-electron chi connectivity index (χ4n) is 2.31. The Morgan fingerprint density at radius 1 is 1.38 bits per heavy atom. The second kappa shape index (κ2) is 9.26. The van der Waals surface area contributed by atoms with Crippen LogP contribution in [0.25, 0.3) is 11.3 Å². The van der Waals surface area contributed by atoms with Crippen molar-refractivity contribution >= 4 is 11.8 Å². The molecule has 0 amide bonds. The maximum atomic E-state index is 12.0. The van der Waals surface area contributed by atoms with Crippen LogP contribution in [0.3, 0.4) is 0 Å². The third-order valence-electron chi connectivity index (χ3n) is 3.56. The number of nitriles is 1. The smallest absolute Gasteiger partial charge is 0.270 e. The molecule has 0 spiro atoms. The molecule has 0 saturated carbocycles. The molecule has 0 radical (unpaired) electrons. The van der Waals surface area contributed by atoms with E-state index in [1.54, 1.807) is 0 Å². The van der Waals surface area contributed by atoms with Crippen LogP contribution in [0.4, 0.5) is 0 Å². The summed E-state index contributed by atoms with van der Waals surface area (Å²) >= 11 is 1.34. The van der Waals surface area contributed by atoms with E-state index in [-0.39, 0.29) is 5.56 Å². The van der Waals surface area contributed by atoms with Gasteiger partial charge in [-0.05, 0) is 24.3 Å². The first-order valence-electron chi connectivity index (χ1n) is 7.95. The fraction of sp³-hybridized carbons (Fsp3) is 0.389. The van der Waals surface area contributed by atoms with Gasteiger partial charge >= 0.3 is 0 Å². The fourth-order valence-corrected chi connectivity index (χ4v) is 2.69. The molecule has 126 valence electrons. The van der Waals surface area contributed by atoms with E-state index in [0.717, 1.165) is 24.2 Å². The van der Waals surface area contributed by atoms with Gasteiger partial charge in [0.15, 0.2) is 5.16 Å². The Labute approximate surface area is 146 Å². The summed E-state index contributed by atoms with van der Waals surface area (Å²) in [7, 11) is 0. The zero-order valence-electron chi connectivity index (χ0n) is 14.0. The molecular formula is C18H21N3O2S. The Morgan fingerprint density at radius 3 is 2.92 bits per heavy atom. The van der Waals surface area contributed by atoms with Crippen molar-refractivity contribution in [3.8, 4) is 17.3 Å². The minimum atomic E-state index is -0.409. The monoisotopic (exact) mass is 343 g/mol. The van der Waals surface area contributed by atoms with Gasteiger partial charge in [-0.2, -0.15) is 5.26 Å². The molecular weight excluding hydrogens is 322 g/mol. The average molecular weight is 343 g/mol. The molecule has 2 rings (SSSR count). The Morgan fingerprint density at radius 2 is 2.21 bits per heavy atom. The van der Waals surface area contributed by atoms with Crippen molar-refractivity contribution in [2.24, 2.45) is 0 Å². The second-order valence-electron chi connectivity index (χ2n) is 5.37. The minimum absolute atomic E-state index is 0.0359. The van der Waals surface area contributed by atoms with Crippen LogP contribution in [0.1, 0.15) is 37.3 Å². The van der Waals surface area contributed by atoms with Gasteiger partial charge in [0.25, 0.3) is 5.56 Å². The molecule has 0 atom stereocenters. The number of ether oxygens (including phenoxy) is 1. The highest BCUT2D eigenvalue weighted by Crippen LogP contribution is 2.22. The molecule has 5 nitrogen and oxygen atoms in total. The van der Waals surface area contributed by atoms with Crippen LogP contribution in [-0.4, -0.2) is 22.8 Å². The first kappa shape index (κ1) is 18.2. The molecule has 1 aromatic carbocycles. The molecule has 0 aliphatic carbocycles. The summed E-state index contributed by atoms with van der Waals surface area (Å²) in [6.07, 6.45) is 5.22. The molecule has 0 aliphatic heterocycles. The van der Waals surface area contributed by atoms with E-state index >= 15 is 0 Å². The number of rotatable bonds is 8. The quantitative estimate of drug-likeness (QED) is 0.449. The lowest BCUT2D eigenvalue weighted by atomic mass is 10.1. The summed E-state index contributed by atoms with van der Waals surface area (Å²) < 4.78 is 5.68. The van der Waals surface area contributed by atoms with E-state index in [0.29, 0.717) is 17.5 Å². The number of nitrogens with one attached hydrogen (secondary N) is 1. The van der Waals surface area contributed by atoms with E-state index in [9.17, 15) is 10.1 Å². The zero-order chi connectivity index (χ0) is 17.4. The third kappa shape index (κ3) is 4.70. The summed E-state index contributed by atoms with van der Waals surface area (Å²) in [5.74, 6) is 0. The molecule has 0 bridgehead atoms. The topological polar surface area (TPSA) is 78.8 Å². The van der Waals surface area contributed by atoms with Crippen LogP contribution >= 0.6 is 11.8 Å². The normalized spacial score (nSPS) is 10.5. The maximum absolute atomic E-state index is 12.0. The minimum Gasteiger partial charge on any atom is -0.377 e. The number of thioether (sulfide) groups is 1. The van der Waals surface area contributed by atoms with Crippen LogP contribution in [0, 0.1) is 11.3 Å². The number of hydrogen-bond acceptors (Lipinski definition) is 5. The van der Waals surface area contributed by atoms with Gasteiger partial charge < -0.3 is 9.72 Å². The molecule has 24 heavy (non-hydrogen) atoms. The Balaban J connectivity index is 2.24. The predicted molar refractivity (Wildman–Crippen MR) is 96.0 cm³/mol. The number of hydrogen-bond donors (Lipinski definition) is 1. The lowest BCUT2D eigenvalue weighted by Gasteiger charge is -2.08. The van der Waals surface area contributed by atoms with Gasteiger partial charge in [0.2, 0.25) is 0 Å². The summed E-state index contributed by atoms with van der Waals surface area (Å²) in [4.78, 5) is 19.0. The number of aromatic nitrogens is 2. The second-order valence-corrected chi connectivity index (χ2v) is 6.17. The van der Waals surface area contributed by atoms with E-state index in [1.807, 2.05) is 36.6 Å². The molecule has 1 heterocycles. The van der Waals surface area contributed by atoms with Gasteiger partial charge in [-0.3, -0.25) is 4.79 Å². The van der Waals surface area contributed by atoms with Gasteiger partial charge in [-0.25, -0.2) is 4.98 Å². The summed E-state index contributed by atoms with van der Waals surface area (Å²) in [5.41, 5.74) is 1.79. The van der Waals surface area contributed by atoms with Crippen molar-refractivity contribution in [1.29, 1.82) is 5.26 Å². The molecule has 6 heteroatoms. The Bertz CT molecular complexity index is 781. The molecule has 2 aromatic rings. The summed E-state index contributed by atoms with van der Waals surface area (Å²) in [6.45, 7) is 3.41. The van der Waals surface area contributed by atoms with Crippen molar-refractivity contribution in [1.82, 2.24) is 9.97 Å². The zero-order valence-corrected chi connectivity index (χ0v) is 14.8. The van der Waals surface area contributed by atoms with Crippen LogP contribution < -0.4 is 5.56 Å². The van der Waals surface area contributed by atoms with Gasteiger partial charge in [0.1, 0.15) is 11.6 Å². The van der Waals surface area contributed by atoms with Crippen LogP contribution in [0.15, 0.2) is 34.2 Å². The number of aromatic amines is 1. The molecule has 0 saturated heterocycles. The number of nitrogens with zero attached hydrogens (tertiary/aromatic N) is 2. The van der Waals surface area contributed by atoms with E-state index in [4.69, 9.17) is 4.74 Å². The largest absolute Gasteiger partial charge is 0.377 e. The van der Waals surface area contributed by atoms with Crippen LogP contribution in [0.2, 0.25) is 0 Å². The van der Waals surface area contributed by atoms with E-state index in [2.05, 4.69) is 16.9 Å². The number of unbranched alkanes of at least 4 members (excludes halogenated alkanes) is 2. The van der Waals surface area contributed by atoms with Crippen molar-refractivity contribution < 1.29 is 4.74 Å². The van der Waals surface area contributed by atoms with Gasteiger partial charge in [0, 0.05) is 12.2 Å². The molecule has 1 N–H and O–H groups in total. The average Bonchev–Trinajstić information content (AvgIpc) is 2.61. The van der Waals surface area contributed by atoms with Crippen molar-refractivity contribution in [3.05, 3.63) is 45.7 Å². The van der Waals surface area contributed by atoms with Gasteiger partial charge in [0.05, 0.1) is 12.3 Å². The summed E-state index contributed by atoms with van der Waals surface area (Å²) in [6, 6.07) is 9.59. The lowest BCUT2D eigenvalue weighted by molar-refractivity contribution is 0.117. The van der Waals surface area contributed by atoms with Crippen molar-refractivity contribution in [2.75, 3.05) is 12.9 Å². The van der Waals surface area contributed by atoms with Crippen molar-refractivity contribution in [2.45, 2.75) is 37.9 Å². The van der Waals surface area contributed by atoms with Crippen LogP contribution in [0.5, 0.6) is 0 Å². The van der Waals surface area contributed by atoms with E-state index in [1.165, 1.54) is 24.6 Å². The van der Waals surface area contributed by atoms with Crippen LogP contribution in [-0.2, 0) is 11.3 Å².